The van der Waals surface area contributed by atoms with E-state index >= 15 is 0 Å². The molecule has 0 aliphatic carbocycles. The van der Waals surface area contributed by atoms with Gasteiger partial charge in [-0.15, -0.1) is 0 Å². The first-order valence-corrected chi connectivity index (χ1v) is 42.5. The molecule has 3 atom stereocenters. The SMILES string of the molecule is CC(CO)C/C(=C(\c1ccc(O)cc1)c1ccc(OCCN(C)C)cc1)c1ccccc1.CC(CO)C/C(=C(\c1ccc(O)cc1)c1ccc(OCCN(C)C)cc1)c1ccccc1.COC(=O)C(C)C/C(=C(\c1ccc(O)cc1)c1ccc(OCCN(C)C)cc1)c1ccccc1.COC(=O)CCC(=C(c1ccc(O)cc1)c1ccc(O)cc1)c1ccccc1. The number of likely N-dealkylation sites (N-methyl/N-ethyl adjacent to an activating group) is 3. The van der Waals surface area contributed by atoms with E-state index in [1.807, 2.05) is 243 Å². The first-order valence-electron chi connectivity index (χ1n) is 42.5. The molecule has 0 aliphatic heterocycles. The normalized spacial score (nSPS) is 12.3. The van der Waals surface area contributed by atoms with E-state index < -0.39 is 0 Å². The second kappa shape index (κ2) is 50.5. The Hall–Kier alpha value is -13.3. The van der Waals surface area contributed by atoms with Gasteiger partial charge in [0.05, 0.1) is 20.1 Å². The van der Waals surface area contributed by atoms with Crippen LogP contribution in [0.15, 0.2) is 315 Å². The van der Waals surface area contributed by atoms with Crippen LogP contribution in [0.5, 0.6) is 46.0 Å². The molecule has 0 bridgehead atoms. The highest BCUT2D eigenvalue weighted by atomic mass is 16.5. The van der Waals surface area contributed by atoms with Gasteiger partial charge in [-0.1, -0.05) is 239 Å². The number of rotatable bonds is 36. The lowest BCUT2D eigenvalue weighted by Crippen LogP contribution is -2.19. The molecule has 0 saturated carbocycles. The van der Waals surface area contributed by atoms with Crippen molar-refractivity contribution in [3.05, 3.63) is 382 Å². The lowest BCUT2D eigenvalue weighted by molar-refractivity contribution is -0.144. The Bertz CT molecular complexity index is 5180. The van der Waals surface area contributed by atoms with Crippen molar-refractivity contribution in [1.82, 2.24) is 14.7 Å². The minimum absolute atomic E-state index is 0.117. The fraction of sp³-hybridized carbons (Fsp3) is 0.248. The van der Waals surface area contributed by atoms with Gasteiger partial charge in [-0.2, -0.15) is 0 Å². The van der Waals surface area contributed by atoms with Crippen LogP contribution >= 0.6 is 0 Å². The number of esters is 2. The number of aliphatic hydroxyl groups excluding tert-OH is 2. The Kier molecular flexibility index (Phi) is 38.7. The van der Waals surface area contributed by atoms with Crippen molar-refractivity contribution >= 4 is 56.5 Å². The van der Waals surface area contributed by atoms with Gasteiger partial charge in [0.25, 0.3) is 0 Å². The molecule has 0 fully saturated rings. The van der Waals surface area contributed by atoms with Crippen molar-refractivity contribution in [3.63, 3.8) is 0 Å². The average molecular weight is 1700 g/mol. The Morgan fingerprint density at radius 3 is 0.722 bits per heavy atom. The minimum Gasteiger partial charge on any atom is -0.508 e. The van der Waals surface area contributed by atoms with E-state index in [-0.39, 0.29) is 78.1 Å². The van der Waals surface area contributed by atoms with Crippen molar-refractivity contribution in [2.24, 2.45) is 17.8 Å². The molecular weight excluding hydrogens is 1580 g/mol. The molecule has 3 unspecified atom stereocenters. The maximum atomic E-state index is 12.3. The molecule has 17 nitrogen and oxygen atoms in total. The van der Waals surface area contributed by atoms with E-state index in [9.17, 15) is 45.3 Å². The highest BCUT2D eigenvalue weighted by Crippen LogP contribution is 2.43. The molecule has 0 aromatic heterocycles. The van der Waals surface area contributed by atoms with Crippen molar-refractivity contribution in [2.75, 3.05) is 109 Å². The van der Waals surface area contributed by atoms with Gasteiger partial charge in [0.2, 0.25) is 0 Å². The number of aliphatic hydroxyl groups is 2. The van der Waals surface area contributed by atoms with Crippen LogP contribution in [0, 0.1) is 17.8 Å². The molecule has 7 N–H and O–H groups in total. The van der Waals surface area contributed by atoms with Gasteiger partial charge in [-0.25, -0.2) is 0 Å². The number of allylic oxidation sites excluding steroid dienone is 4. The zero-order valence-corrected chi connectivity index (χ0v) is 74.3. The second-order valence-corrected chi connectivity index (χ2v) is 31.8. The first kappa shape index (κ1) is 96.6. The maximum absolute atomic E-state index is 12.3. The van der Waals surface area contributed by atoms with Crippen LogP contribution in [0.3, 0.4) is 0 Å². The summed E-state index contributed by atoms with van der Waals surface area (Å²) in [6.07, 6.45) is 2.72. The Labute approximate surface area is 744 Å². The van der Waals surface area contributed by atoms with Crippen LogP contribution in [-0.4, -0.2) is 172 Å². The van der Waals surface area contributed by atoms with Gasteiger partial charge in [0.1, 0.15) is 65.8 Å². The molecule has 126 heavy (non-hydrogen) atoms. The number of hydrogen-bond donors (Lipinski definition) is 7. The molecule has 656 valence electrons. The Morgan fingerprint density at radius 1 is 0.278 bits per heavy atom. The van der Waals surface area contributed by atoms with Gasteiger partial charge >= 0.3 is 11.9 Å². The number of phenolic OH excluding ortho intramolecular Hbond substituents is 5. The van der Waals surface area contributed by atoms with Gasteiger partial charge in [-0.3, -0.25) is 9.59 Å². The van der Waals surface area contributed by atoms with Crippen LogP contribution in [0.1, 0.15) is 120 Å². The van der Waals surface area contributed by atoms with E-state index in [0.717, 1.165) is 150 Å². The summed E-state index contributed by atoms with van der Waals surface area (Å²) in [4.78, 5) is 30.4. The summed E-state index contributed by atoms with van der Waals surface area (Å²) in [5.74, 6) is 2.93. The van der Waals surface area contributed by atoms with Crippen LogP contribution in [0.25, 0.3) is 44.6 Å². The smallest absolute Gasteiger partial charge is 0.308 e. The molecule has 12 rings (SSSR count). The molecule has 17 heteroatoms. The lowest BCUT2D eigenvalue weighted by Gasteiger charge is -2.20. The molecular formula is C109H121N3O14. The molecule has 12 aromatic carbocycles. The van der Waals surface area contributed by atoms with E-state index in [1.54, 1.807) is 60.7 Å². The third-order valence-corrected chi connectivity index (χ3v) is 21.0. The van der Waals surface area contributed by atoms with Gasteiger partial charge < -0.3 is 74.1 Å². The van der Waals surface area contributed by atoms with Crippen LogP contribution in [0.4, 0.5) is 0 Å². The number of methoxy groups -OCH3 is 2. The first-order chi connectivity index (χ1) is 60.9. The molecule has 0 amide bonds. The van der Waals surface area contributed by atoms with E-state index in [4.69, 9.17) is 23.7 Å². The standard InChI is InChI=1S/C29H33NO4.2C28H33NO3.C24H22O4/c1-21(29(32)33-4)20-27(22-8-6-5-7-9-22)28(23-10-14-25(31)15-11-23)24-12-16-26(17-13-24)34-19-18-30(2)3;2*1-21(20-30)19-27(22-7-5-4-6-8-22)28(23-9-13-25(31)14-10-23)24-11-15-26(16-12-24)32-18-17-29(2)3;1-28-23(27)16-15-22(17-5-3-2-4-6-17)24(18-7-11-20(25)12-8-18)19-9-13-21(26)14-10-19/h5-17,21,31H,18-20H2,1-4H3;2*4-16,21,30-31H,17-20H2,1-3H3;2-14,25-26H,15-16H2,1H3/b3*28-27-;. The maximum Gasteiger partial charge on any atom is 0.308 e. The van der Waals surface area contributed by atoms with Crippen LogP contribution < -0.4 is 14.2 Å². The number of carbonyl (C=O) groups excluding carboxylic acids is 2. The number of nitrogens with zero attached hydrogens (tertiary/aromatic N) is 3. The van der Waals surface area contributed by atoms with E-state index in [2.05, 4.69) is 89.2 Å². The number of benzene rings is 12. The van der Waals surface area contributed by atoms with Crippen molar-refractivity contribution < 1.29 is 69.0 Å². The van der Waals surface area contributed by atoms with E-state index in [0.29, 0.717) is 32.7 Å². The third-order valence-electron chi connectivity index (χ3n) is 21.0. The minimum atomic E-state index is -0.319. The van der Waals surface area contributed by atoms with Gasteiger partial charge in [-0.05, 0) is 288 Å². The quantitative estimate of drug-likeness (QED) is 0.0143. The molecule has 0 spiro atoms. The van der Waals surface area contributed by atoms with Gasteiger partial charge in [0, 0.05) is 39.3 Å². The lowest BCUT2D eigenvalue weighted by atomic mass is 9.85. The number of phenols is 5. The summed E-state index contributed by atoms with van der Waals surface area (Å²) >= 11 is 0. The Balaban J connectivity index is 0.000000190. The van der Waals surface area contributed by atoms with Crippen molar-refractivity contribution in [1.29, 1.82) is 0 Å². The summed E-state index contributed by atoms with van der Waals surface area (Å²) in [5.41, 5.74) is 20.7. The average Bonchev–Trinajstić information content (AvgIpc) is 0.845. The summed E-state index contributed by atoms with van der Waals surface area (Å²) in [6, 6.07) is 101. The van der Waals surface area contributed by atoms with Crippen LogP contribution in [-0.2, 0) is 19.1 Å². The fourth-order valence-corrected chi connectivity index (χ4v) is 14.2. The summed E-state index contributed by atoms with van der Waals surface area (Å²) in [7, 11) is 14.9. The summed E-state index contributed by atoms with van der Waals surface area (Å²) in [5, 5.41) is 68.5. The number of aromatic hydroxyl groups is 5. The van der Waals surface area contributed by atoms with Gasteiger partial charge in [0.15, 0.2) is 0 Å². The second-order valence-electron chi connectivity index (χ2n) is 31.8. The predicted octanol–water partition coefficient (Wildman–Crippen LogP) is 21.1. The predicted molar refractivity (Wildman–Crippen MR) is 510 cm³/mol. The highest BCUT2D eigenvalue weighted by Gasteiger charge is 2.24. The third kappa shape index (κ3) is 30.3. The number of carbonyl (C=O) groups is 2. The van der Waals surface area contributed by atoms with Crippen molar-refractivity contribution in [3.8, 4) is 46.0 Å². The number of ether oxygens (including phenoxy) is 5. The fourth-order valence-electron chi connectivity index (χ4n) is 14.2. The number of hydrogen-bond acceptors (Lipinski definition) is 17. The monoisotopic (exact) mass is 1700 g/mol. The topological polar surface area (TPSA) is 232 Å². The van der Waals surface area contributed by atoms with E-state index in [1.165, 1.54) is 25.4 Å². The highest BCUT2D eigenvalue weighted by molar-refractivity contribution is 6.02. The summed E-state index contributed by atoms with van der Waals surface area (Å²) < 4.78 is 27.5. The zero-order valence-electron chi connectivity index (χ0n) is 74.3. The molecule has 12 aromatic rings. The largest absolute Gasteiger partial charge is 0.508 e. The van der Waals surface area contributed by atoms with Crippen LogP contribution in [0.2, 0.25) is 0 Å². The molecule has 0 heterocycles. The molecule has 0 radical (unpaired) electrons. The Morgan fingerprint density at radius 2 is 0.500 bits per heavy atom. The molecule has 0 aliphatic rings. The van der Waals surface area contributed by atoms with Crippen molar-refractivity contribution in [2.45, 2.75) is 52.9 Å². The summed E-state index contributed by atoms with van der Waals surface area (Å²) in [6.45, 7) is 10.7. The zero-order chi connectivity index (χ0) is 90.3. The molecule has 0 saturated heterocycles.